The largest absolute Gasteiger partial charge is 0.483 e. The molecule has 1 aliphatic rings. The number of carbonyl (C=O) groups is 3. The fraction of sp³-hybridized carbons (Fsp3) is 0.160. The van der Waals surface area contributed by atoms with E-state index >= 15 is 0 Å². The van der Waals surface area contributed by atoms with E-state index in [-0.39, 0.29) is 25.3 Å². The standard InChI is InChI=1S/C25H21F2N3O4/c26-18-10-11-21(20(27)13-18)30-14-17(12-24(30)32)25(33)29-28-23(31)15-34-22-9-5-4-8-19(22)16-6-2-1-3-7-16/h1-11,13,17H,12,14-15H2,(H,28,31)(H,29,33). The second kappa shape index (κ2) is 10.1. The van der Waals surface area contributed by atoms with Crippen molar-refractivity contribution >= 4 is 23.4 Å². The number of nitrogens with one attached hydrogen (secondary N) is 2. The molecule has 1 fully saturated rings. The van der Waals surface area contributed by atoms with Gasteiger partial charge in [0.1, 0.15) is 17.4 Å². The number of halogens is 2. The zero-order valence-corrected chi connectivity index (χ0v) is 18.0. The van der Waals surface area contributed by atoms with Gasteiger partial charge < -0.3 is 9.64 Å². The van der Waals surface area contributed by atoms with Crippen molar-refractivity contribution in [2.45, 2.75) is 6.42 Å². The van der Waals surface area contributed by atoms with Gasteiger partial charge in [-0.2, -0.15) is 0 Å². The van der Waals surface area contributed by atoms with Gasteiger partial charge in [0, 0.05) is 24.6 Å². The van der Waals surface area contributed by atoms with Gasteiger partial charge in [0.15, 0.2) is 6.61 Å². The number of amides is 3. The first-order valence-corrected chi connectivity index (χ1v) is 10.5. The number of benzene rings is 3. The van der Waals surface area contributed by atoms with E-state index in [9.17, 15) is 23.2 Å². The molecule has 9 heteroatoms. The fourth-order valence-electron chi connectivity index (χ4n) is 3.68. The van der Waals surface area contributed by atoms with E-state index in [2.05, 4.69) is 10.9 Å². The van der Waals surface area contributed by atoms with Crippen LogP contribution in [0.5, 0.6) is 5.75 Å². The summed E-state index contributed by atoms with van der Waals surface area (Å²) in [7, 11) is 0. The highest BCUT2D eigenvalue weighted by molar-refractivity contribution is 6.00. The Morgan fingerprint density at radius 1 is 0.971 bits per heavy atom. The minimum Gasteiger partial charge on any atom is -0.483 e. The van der Waals surface area contributed by atoms with Crippen molar-refractivity contribution in [3.05, 3.63) is 84.4 Å². The second-order valence-electron chi connectivity index (χ2n) is 7.69. The predicted molar refractivity (Wildman–Crippen MR) is 120 cm³/mol. The number of hydrogen-bond acceptors (Lipinski definition) is 4. The Kier molecular flexibility index (Phi) is 6.82. The molecule has 7 nitrogen and oxygen atoms in total. The second-order valence-corrected chi connectivity index (χ2v) is 7.69. The van der Waals surface area contributed by atoms with Crippen molar-refractivity contribution in [3.8, 4) is 16.9 Å². The first-order chi connectivity index (χ1) is 16.4. The minimum absolute atomic E-state index is 0.0932. The Hall–Kier alpha value is -4.27. The third-order valence-corrected chi connectivity index (χ3v) is 5.35. The first kappa shape index (κ1) is 22.9. The van der Waals surface area contributed by atoms with Crippen LogP contribution in [-0.4, -0.2) is 30.9 Å². The van der Waals surface area contributed by atoms with E-state index in [1.54, 1.807) is 12.1 Å². The number of nitrogens with zero attached hydrogens (tertiary/aromatic N) is 1. The molecular formula is C25H21F2N3O4. The summed E-state index contributed by atoms with van der Waals surface area (Å²) in [5.41, 5.74) is 6.18. The lowest BCUT2D eigenvalue weighted by atomic mass is 10.1. The van der Waals surface area contributed by atoms with Crippen molar-refractivity contribution in [1.82, 2.24) is 10.9 Å². The molecular weight excluding hydrogens is 444 g/mol. The molecule has 3 amide bonds. The molecule has 0 saturated carbocycles. The lowest BCUT2D eigenvalue weighted by Crippen LogP contribution is -2.46. The van der Waals surface area contributed by atoms with Gasteiger partial charge in [0.2, 0.25) is 11.8 Å². The van der Waals surface area contributed by atoms with E-state index in [0.717, 1.165) is 28.2 Å². The Balaban J connectivity index is 1.30. The van der Waals surface area contributed by atoms with Crippen LogP contribution in [0.3, 0.4) is 0 Å². The number of rotatable bonds is 6. The molecule has 0 aliphatic carbocycles. The number of hydrazine groups is 1. The van der Waals surface area contributed by atoms with Gasteiger partial charge in [0.25, 0.3) is 5.91 Å². The molecule has 0 spiro atoms. The van der Waals surface area contributed by atoms with Crippen LogP contribution < -0.4 is 20.5 Å². The maximum atomic E-state index is 14.0. The monoisotopic (exact) mass is 465 g/mol. The van der Waals surface area contributed by atoms with Gasteiger partial charge >= 0.3 is 0 Å². The van der Waals surface area contributed by atoms with Gasteiger partial charge in [-0.05, 0) is 23.8 Å². The molecule has 1 saturated heterocycles. The van der Waals surface area contributed by atoms with E-state index in [1.165, 1.54) is 0 Å². The van der Waals surface area contributed by atoms with E-state index in [0.29, 0.717) is 11.8 Å². The topological polar surface area (TPSA) is 87.7 Å². The molecule has 3 aromatic carbocycles. The highest BCUT2D eigenvalue weighted by Crippen LogP contribution is 2.30. The molecule has 1 atom stereocenters. The van der Waals surface area contributed by atoms with Gasteiger partial charge in [0.05, 0.1) is 11.6 Å². The zero-order valence-electron chi connectivity index (χ0n) is 18.0. The lowest BCUT2D eigenvalue weighted by molar-refractivity contribution is -0.132. The average molecular weight is 465 g/mol. The van der Waals surface area contributed by atoms with Crippen molar-refractivity contribution in [3.63, 3.8) is 0 Å². The maximum absolute atomic E-state index is 14.0. The van der Waals surface area contributed by atoms with E-state index in [1.807, 2.05) is 42.5 Å². The van der Waals surface area contributed by atoms with Gasteiger partial charge in [-0.25, -0.2) is 8.78 Å². The molecule has 4 rings (SSSR count). The van der Waals surface area contributed by atoms with E-state index in [4.69, 9.17) is 4.74 Å². The number of anilines is 1. The van der Waals surface area contributed by atoms with Crippen molar-refractivity contribution in [2.24, 2.45) is 5.92 Å². The number of hydrogen-bond donors (Lipinski definition) is 2. The Morgan fingerprint density at radius 2 is 1.71 bits per heavy atom. The summed E-state index contributed by atoms with van der Waals surface area (Å²) in [6, 6.07) is 19.7. The van der Waals surface area contributed by atoms with Crippen molar-refractivity contribution in [1.29, 1.82) is 0 Å². The van der Waals surface area contributed by atoms with Crippen LogP contribution in [0.4, 0.5) is 14.5 Å². The van der Waals surface area contributed by atoms with Gasteiger partial charge in [-0.1, -0.05) is 48.5 Å². The smallest absolute Gasteiger partial charge is 0.276 e. The highest BCUT2D eigenvalue weighted by Gasteiger charge is 2.36. The number of ether oxygens (including phenoxy) is 1. The molecule has 2 N–H and O–H groups in total. The molecule has 3 aromatic rings. The summed E-state index contributed by atoms with van der Waals surface area (Å²) >= 11 is 0. The predicted octanol–water partition coefficient (Wildman–Crippen LogP) is 3.21. The highest BCUT2D eigenvalue weighted by atomic mass is 19.1. The summed E-state index contributed by atoms with van der Waals surface area (Å²) in [4.78, 5) is 38.0. The lowest BCUT2D eigenvalue weighted by Gasteiger charge is -2.17. The Morgan fingerprint density at radius 3 is 2.47 bits per heavy atom. The Labute approximate surface area is 194 Å². The van der Waals surface area contributed by atoms with Crippen LogP contribution in [0.15, 0.2) is 72.8 Å². The van der Waals surface area contributed by atoms with Crippen LogP contribution in [0.2, 0.25) is 0 Å². The van der Waals surface area contributed by atoms with Crippen LogP contribution in [0.1, 0.15) is 6.42 Å². The van der Waals surface area contributed by atoms with Crippen LogP contribution in [0.25, 0.3) is 11.1 Å². The molecule has 0 radical (unpaired) electrons. The average Bonchev–Trinajstić information content (AvgIpc) is 3.23. The molecule has 174 valence electrons. The van der Waals surface area contributed by atoms with Crippen LogP contribution in [-0.2, 0) is 14.4 Å². The molecule has 0 bridgehead atoms. The third kappa shape index (κ3) is 5.20. The zero-order chi connectivity index (χ0) is 24.1. The summed E-state index contributed by atoms with van der Waals surface area (Å²) in [6.45, 7) is -0.440. The molecule has 1 heterocycles. The molecule has 1 unspecified atom stereocenters. The summed E-state index contributed by atoms with van der Waals surface area (Å²) in [5.74, 6) is -3.63. The molecule has 0 aromatic heterocycles. The first-order valence-electron chi connectivity index (χ1n) is 10.5. The summed E-state index contributed by atoms with van der Waals surface area (Å²) in [5, 5.41) is 0. The third-order valence-electron chi connectivity index (χ3n) is 5.35. The quantitative estimate of drug-likeness (QED) is 0.548. The molecule has 34 heavy (non-hydrogen) atoms. The van der Waals surface area contributed by atoms with E-state index < -0.39 is 35.3 Å². The molecule has 1 aliphatic heterocycles. The maximum Gasteiger partial charge on any atom is 0.276 e. The van der Waals surface area contributed by atoms with Gasteiger partial charge in [-0.15, -0.1) is 0 Å². The number of carbonyl (C=O) groups excluding carboxylic acids is 3. The normalized spacial score (nSPS) is 15.2. The fourth-order valence-corrected chi connectivity index (χ4v) is 3.68. The van der Waals surface area contributed by atoms with Gasteiger partial charge in [-0.3, -0.25) is 25.2 Å². The minimum atomic E-state index is -0.893. The van der Waals surface area contributed by atoms with Crippen molar-refractivity contribution < 1.29 is 27.9 Å². The Bertz CT molecular complexity index is 1220. The van der Waals surface area contributed by atoms with Crippen molar-refractivity contribution in [2.75, 3.05) is 18.1 Å². The summed E-state index contributed by atoms with van der Waals surface area (Å²) in [6.07, 6.45) is -0.167. The summed E-state index contributed by atoms with van der Waals surface area (Å²) < 4.78 is 32.8. The SMILES string of the molecule is O=C(COc1ccccc1-c1ccccc1)NNC(=O)C1CC(=O)N(c2ccc(F)cc2F)C1. The number of para-hydroxylation sites is 1. The van der Waals surface area contributed by atoms with Crippen LogP contribution in [0, 0.1) is 17.6 Å². The van der Waals surface area contributed by atoms with Crippen LogP contribution >= 0.6 is 0 Å².